The molecule has 0 aliphatic carbocycles. The largest absolute Gasteiger partial charge is 0.331 e. The van der Waals surface area contributed by atoms with Crippen molar-refractivity contribution in [2.24, 2.45) is 0 Å². The van der Waals surface area contributed by atoms with Crippen LogP contribution in [0, 0.1) is 6.92 Å². The Kier molecular flexibility index (Phi) is 6.47. The normalized spacial score (nSPS) is 16.1. The summed E-state index contributed by atoms with van der Waals surface area (Å²) < 4.78 is 0. The molecular formula is C22H23ClN2O3. The lowest BCUT2D eigenvalue weighted by molar-refractivity contribution is -0.136. The maximum absolute atomic E-state index is 12.6. The smallest absolute Gasteiger partial charge is 0.247 e. The van der Waals surface area contributed by atoms with Crippen molar-refractivity contribution in [3.8, 4) is 0 Å². The van der Waals surface area contributed by atoms with Gasteiger partial charge in [-0.15, -0.1) is 0 Å². The Morgan fingerprint density at radius 1 is 1.04 bits per heavy atom. The van der Waals surface area contributed by atoms with Crippen molar-refractivity contribution in [2.75, 3.05) is 11.9 Å². The molecule has 6 heteroatoms. The lowest BCUT2D eigenvalue weighted by Gasteiger charge is -2.24. The highest BCUT2D eigenvalue weighted by atomic mass is 35.5. The number of Topliss-reactive ketones (excluding diaryl/α,β-unsaturated/α-hetero) is 1. The van der Waals surface area contributed by atoms with Crippen LogP contribution in [-0.2, 0) is 9.59 Å². The third-order valence-corrected chi connectivity index (χ3v) is 5.18. The van der Waals surface area contributed by atoms with E-state index in [1.165, 1.54) is 0 Å². The van der Waals surface area contributed by atoms with Crippen LogP contribution in [0.2, 0.25) is 5.02 Å². The Balaban J connectivity index is 1.56. The molecule has 1 aliphatic rings. The van der Waals surface area contributed by atoms with E-state index in [0.717, 1.165) is 12.0 Å². The van der Waals surface area contributed by atoms with Crippen molar-refractivity contribution in [3.63, 3.8) is 0 Å². The van der Waals surface area contributed by atoms with Gasteiger partial charge in [-0.05, 0) is 44.0 Å². The van der Waals surface area contributed by atoms with Crippen LogP contribution < -0.4 is 5.32 Å². The summed E-state index contributed by atoms with van der Waals surface area (Å²) in [5.41, 5.74) is 2.33. The van der Waals surface area contributed by atoms with Gasteiger partial charge in [-0.25, -0.2) is 0 Å². The Bertz CT molecular complexity index is 862. The molecule has 1 fully saturated rings. The molecule has 0 saturated carbocycles. The van der Waals surface area contributed by atoms with Crippen LogP contribution in [0.25, 0.3) is 0 Å². The van der Waals surface area contributed by atoms with E-state index >= 15 is 0 Å². The number of rotatable bonds is 6. The van der Waals surface area contributed by atoms with E-state index in [0.29, 0.717) is 29.2 Å². The van der Waals surface area contributed by atoms with E-state index in [9.17, 15) is 14.4 Å². The standard InChI is InChI=1S/C22H23ClN2O3/c1-15-4-6-16(7-5-15)20(26)12-13-21(27)25-14-2-3-19(25)22(28)24-18-10-8-17(23)9-11-18/h4-11,19H,2-3,12-14H2,1H3,(H,24,28)/t19-/m1/s1. The highest BCUT2D eigenvalue weighted by Crippen LogP contribution is 2.22. The Labute approximate surface area is 169 Å². The summed E-state index contributed by atoms with van der Waals surface area (Å²) in [4.78, 5) is 39.1. The van der Waals surface area contributed by atoms with E-state index in [1.54, 1.807) is 41.3 Å². The Hall–Kier alpha value is -2.66. The highest BCUT2D eigenvalue weighted by Gasteiger charge is 2.34. The maximum Gasteiger partial charge on any atom is 0.247 e. The molecule has 2 aromatic rings. The number of amides is 2. The number of hydrogen-bond acceptors (Lipinski definition) is 3. The average molecular weight is 399 g/mol. The summed E-state index contributed by atoms with van der Waals surface area (Å²) in [5.74, 6) is -0.429. The minimum Gasteiger partial charge on any atom is -0.331 e. The zero-order chi connectivity index (χ0) is 20.1. The third-order valence-electron chi connectivity index (χ3n) is 4.93. The fraction of sp³-hybridized carbons (Fsp3) is 0.318. The average Bonchev–Trinajstić information content (AvgIpc) is 3.18. The first-order valence-electron chi connectivity index (χ1n) is 9.40. The second kappa shape index (κ2) is 9.02. The van der Waals surface area contributed by atoms with Gasteiger partial charge in [0, 0.05) is 35.7 Å². The summed E-state index contributed by atoms with van der Waals surface area (Å²) in [6.45, 7) is 2.50. The van der Waals surface area contributed by atoms with Gasteiger partial charge in [-0.1, -0.05) is 41.4 Å². The number of aryl methyl sites for hydroxylation is 1. The molecule has 1 saturated heterocycles. The fourth-order valence-corrected chi connectivity index (χ4v) is 3.47. The van der Waals surface area contributed by atoms with Gasteiger partial charge in [0.15, 0.2) is 5.78 Å². The van der Waals surface area contributed by atoms with E-state index in [2.05, 4.69) is 5.32 Å². The number of carbonyl (C=O) groups is 3. The molecule has 3 rings (SSSR count). The van der Waals surface area contributed by atoms with Gasteiger partial charge in [0.2, 0.25) is 11.8 Å². The molecule has 0 aromatic heterocycles. The zero-order valence-electron chi connectivity index (χ0n) is 15.8. The number of halogens is 1. The number of ketones is 1. The quantitative estimate of drug-likeness (QED) is 0.740. The van der Waals surface area contributed by atoms with Crippen molar-refractivity contribution < 1.29 is 14.4 Å². The molecule has 1 heterocycles. The van der Waals surface area contributed by atoms with Crippen LogP contribution >= 0.6 is 11.6 Å². The van der Waals surface area contributed by atoms with E-state index < -0.39 is 6.04 Å². The fourth-order valence-electron chi connectivity index (χ4n) is 3.34. The molecule has 146 valence electrons. The minimum atomic E-state index is -0.502. The van der Waals surface area contributed by atoms with Crippen LogP contribution in [0.4, 0.5) is 5.69 Å². The lowest BCUT2D eigenvalue weighted by Crippen LogP contribution is -2.43. The Morgan fingerprint density at radius 3 is 2.39 bits per heavy atom. The molecule has 2 aromatic carbocycles. The molecule has 0 radical (unpaired) electrons. The number of likely N-dealkylation sites (tertiary alicyclic amines) is 1. The third kappa shape index (κ3) is 4.98. The first kappa shape index (κ1) is 20.1. The van der Waals surface area contributed by atoms with Crippen molar-refractivity contribution in [1.82, 2.24) is 4.90 Å². The number of carbonyl (C=O) groups excluding carboxylic acids is 3. The number of benzene rings is 2. The predicted octanol–water partition coefficient (Wildman–Crippen LogP) is 4.24. The molecule has 1 aliphatic heterocycles. The Morgan fingerprint density at radius 2 is 1.71 bits per heavy atom. The monoisotopic (exact) mass is 398 g/mol. The van der Waals surface area contributed by atoms with Gasteiger partial charge in [0.1, 0.15) is 6.04 Å². The van der Waals surface area contributed by atoms with E-state index in [4.69, 9.17) is 11.6 Å². The van der Waals surface area contributed by atoms with Gasteiger partial charge in [-0.3, -0.25) is 14.4 Å². The minimum absolute atomic E-state index is 0.0605. The van der Waals surface area contributed by atoms with Gasteiger partial charge in [-0.2, -0.15) is 0 Å². The summed E-state index contributed by atoms with van der Waals surface area (Å²) in [7, 11) is 0. The molecule has 28 heavy (non-hydrogen) atoms. The number of hydrogen-bond donors (Lipinski definition) is 1. The zero-order valence-corrected chi connectivity index (χ0v) is 16.5. The summed E-state index contributed by atoms with van der Waals surface area (Å²) in [6.07, 6.45) is 1.65. The van der Waals surface area contributed by atoms with Crippen LogP contribution in [0.15, 0.2) is 48.5 Å². The van der Waals surface area contributed by atoms with Gasteiger partial charge >= 0.3 is 0 Å². The second-order valence-corrected chi connectivity index (χ2v) is 7.47. The molecule has 2 amide bonds. The molecule has 1 N–H and O–H groups in total. The first-order chi connectivity index (χ1) is 13.4. The van der Waals surface area contributed by atoms with Crippen molar-refractivity contribution in [1.29, 1.82) is 0 Å². The summed E-state index contributed by atoms with van der Waals surface area (Å²) >= 11 is 5.86. The van der Waals surface area contributed by atoms with Crippen molar-refractivity contribution in [2.45, 2.75) is 38.6 Å². The molecule has 5 nitrogen and oxygen atoms in total. The van der Waals surface area contributed by atoms with Gasteiger partial charge in [0.05, 0.1) is 0 Å². The highest BCUT2D eigenvalue weighted by molar-refractivity contribution is 6.30. The number of anilines is 1. The van der Waals surface area contributed by atoms with Crippen LogP contribution in [0.3, 0.4) is 0 Å². The molecule has 0 unspecified atom stereocenters. The maximum atomic E-state index is 12.6. The predicted molar refractivity (Wildman–Crippen MR) is 110 cm³/mol. The van der Waals surface area contributed by atoms with Crippen molar-refractivity contribution >= 4 is 34.9 Å². The summed E-state index contributed by atoms with van der Waals surface area (Å²) in [6, 6.07) is 13.7. The van der Waals surface area contributed by atoms with Crippen molar-refractivity contribution in [3.05, 3.63) is 64.7 Å². The SMILES string of the molecule is Cc1ccc(C(=O)CCC(=O)N2CCC[C@@H]2C(=O)Nc2ccc(Cl)cc2)cc1. The second-order valence-electron chi connectivity index (χ2n) is 7.03. The number of nitrogens with one attached hydrogen (secondary N) is 1. The van der Waals surface area contributed by atoms with Crippen LogP contribution in [0.5, 0.6) is 0 Å². The molecule has 1 atom stereocenters. The topological polar surface area (TPSA) is 66.5 Å². The molecular weight excluding hydrogens is 376 g/mol. The first-order valence-corrected chi connectivity index (χ1v) is 9.77. The number of nitrogens with zero attached hydrogens (tertiary/aromatic N) is 1. The molecule has 0 spiro atoms. The molecule has 0 bridgehead atoms. The van der Waals surface area contributed by atoms with E-state index in [-0.39, 0.29) is 30.4 Å². The lowest BCUT2D eigenvalue weighted by atomic mass is 10.0. The van der Waals surface area contributed by atoms with E-state index in [1.807, 2.05) is 19.1 Å². The van der Waals surface area contributed by atoms with Gasteiger partial charge < -0.3 is 10.2 Å². The summed E-state index contributed by atoms with van der Waals surface area (Å²) in [5, 5.41) is 3.43. The van der Waals surface area contributed by atoms with Crippen LogP contribution in [0.1, 0.15) is 41.6 Å². The van der Waals surface area contributed by atoms with Gasteiger partial charge in [0.25, 0.3) is 0 Å². The van der Waals surface area contributed by atoms with Crippen LogP contribution in [-0.4, -0.2) is 35.1 Å².